The summed E-state index contributed by atoms with van der Waals surface area (Å²) in [5.74, 6) is -2.95. The smallest absolute Gasteiger partial charge is 0.423 e. The van der Waals surface area contributed by atoms with Crippen molar-refractivity contribution in [2.45, 2.75) is 19.6 Å². The van der Waals surface area contributed by atoms with Crippen LogP contribution in [0.15, 0.2) is 42.8 Å². The second kappa shape index (κ2) is 14.2. The van der Waals surface area contributed by atoms with Crippen LogP contribution in [0.4, 0.5) is 13.2 Å². The number of nitrogens with zero attached hydrogens (tertiary/aromatic N) is 4. The van der Waals surface area contributed by atoms with Crippen molar-refractivity contribution in [1.82, 2.24) is 25.0 Å². The van der Waals surface area contributed by atoms with Crippen LogP contribution in [0.25, 0.3) is 0 Å². The summed E-state index contributed by atoms with van der Waals surface area (Å²) in [7, 11) is 4.84. The molecule has 0 aliphatic heterocycles. The van der Waals surface area contributed by atoms with E-state index < -0.39 is 24.6 Å². The summed E-state index contributed by atoms with van der Waals surface area (Å²) in [6.07, 6.45) is -1.31. The predicted molar refractivity (Wildman–Crippen MR) is 124 cm³/mol. The molecule has 2 amide bonds. The van der Waals surface area contributed by atoms with E-state index in [0.29, 0.717) is 23.7 Å². The van der Waals surface area contributed by atoms with Gasteiger partial charge in [-0.15, -0.1) is 0 Å². The summed E-state index contributed by atoms with van der Waals surface area (Å²) < 4.78 is 42.6. The number of rotatable bonds is 13. The summed E-state index contributed by atoms with van der Waals surface area (Å²) in [5.41, 5.74) is 0.639. The van der Waals surface area contributed by atoms with E-state index in [1.165, 1.54) is 18.3 Å². The van der Waals surface area contributed by atoms with E-state index in [2.05, 4.69) is 16.9 Å². The second-order valence-corrected chi connectivity index (χ2v) is 7.80. The number of alkyl halides is 3. The van der Waals surface area contributed by atoms with Crippen LogP contribution in [0.3, 0.4) is 0 Å². The minimum atomic E-state index is -5.00. The summed E-state index contributed by atoms with van der Waals surface area (Å²) in [4.78, 5) is 44.3. The first-order valence-corrected chi connectivity index (χ1v) is 10.8. The van der Waals surface area contributed by atoms with Gasteiger partial charge in [-0.1, -0.05) is 6.58 Å². The van der Waals surface area contributed by atoms with E-state index in [1.54, 1.807) is 4.90 Å². The number of halogens is 3. The van der Waals surface area contributed by atoms with Crippen LogP contribution in [0.5, 0.6) is 0 Å². The number of carbonyl (C=O) groups is 3. The quantitative estimate of drug-likeness (QED) is 0.251. The monoisotopic (exact) mass is 499 g/mol. The van der Waals surface area contributed by atoms with Crippen molar-refractivity contribution in [1.29, 1.82) is 0 Å². The van der Waals surface area contributed by atoms with Gasteiger partial charge in [-0.2, -0.15) is 13.2 Å². The van der Waals surface area contributed by atoms with E-state index in [-0.39, 0.29) is 30.3 Å². The first-order chi connectivity index (χ1) is 16.4. The molecular formula is C23H32F3N5O4. The van der Waals surface area contributed by atoms with Crippen molar-refractivity contribution in [3.05, 3.63) is 54.1 Å². The zero-order chi connectivity index (χ0) is 26.6. The molecule has 1 aromatic heterocycles. The highest BCUT2D eigenvalue weighted by molar-refractivity contribution is 5.90. The second-order valence-electron chi connectivity index (χ2n) is 7.80. The van der Waals surface area contributed by atoms with Crippen molar-refractivity contribution in [3.8, 4) is 0 Å². The fraction of sp³-hybridized carbons (Fsp3) is 0.478. The molecule has 0 aromatic carbocycles. The molecule has 0 unspecified atom stereocenters. The molecule has 1 N–H and O–H groups in total. The number of nitrogens with one attached hydrogen (secondary N) is 1. The highest BCUT2D eigenvalue weighted by Gasteiger charge is 2.40. The number of likely N-dealkylation sites (N-methyl/N-ethyl adjacent to an activating group) is 3. The van der Waals surface area contributed by atoms with Gasteiger partial charge in [0.1, 0.15) is 5.76 Å². The van der Waals surface area contributed by atoms with Crippen LogP contribution < -0.4 is 5.32 Å². The molecule has 1 rings (SSSR count). The van der Waals surface area contributed by atoms with Gasteiger partial charge in [0.15, 0.2) is 0 Å². The zero-order valence-electron chi connectivity index (χ0n) is 20.4. The maximum absolute atomic E-state index is 12.5. The summed E-state index contributed by atoms with van der Waals surface area (Å²) >= 11 is 0. The largest absolute Gasteiger partial charge is 0.471 e. The maximum Gasteiger partial charge on any atom is 0.471 e. The number of esters is 1. The number of ether oxygens (including phenoxy) is 1. The molecule has 9 nitrogen and oxygen atoms in total. The van der Waals surface area contributed by atoms with Gasteiger partial charge < -0.3 is 24.8 Å². The number of pyridine rings is 1. The molecule has 1 heterocycles. The molecule has 0 spiro atoms. The lowest BCUT2D eigenvalue weighted by Crippen LogP contribution is -2.41. The Balaban J connectivity index is 2.68. The molecule has 0 atom stereocenters. The molecule has 0 fully saturated rings. The van der Waals surface area contributed by atoms with Crippen LogP contribution in [-0.4, -0.2) is 97.5 Å². The molecule has 0 saturated carbocycles. The van der Waals surface area contributed by atoms with Gasteiger partial charge in [0.25, 0.3) is 0 Å². The van der Waals surface area contributed by atoms with Crippen molar-refractivity contribution in [2.24, 2.45) is 0 Å². The van der Waals surface area contributed by atoms with Crippen LogP contribution >= 0.6 is 0 Å². The van der Waals surface area contributed by atoms with Gasteiger partial charge in [-0.05, 0) is 45.3 Å². The van der Waals surface area contributed by atoms with Gasteiger partial charge in [0.05, 0.1) is 17.8 Å². The lowest BCUT2D eigenvalue weighted by Gasteiger charge is -2.23. The third-order valence-electron chi connectivity index (χ3n) is 4.75. The Morgan fingerprint density at radius 3 is 2.46 bits per heavy atom. The number of aromatic nitrogens is 1. The SMILES string of the molecule is C=C/C(=C\CN(C)C(=O)C(F)(F)F)OC(=O)c1ccnc(CNCC(=O)N(CC)CCN(C)C)c1. The minimum absolute atomic E-state index is 0.0559. The Morgan fingerprint density at radius 2 is 1.89 bits per heavy atom. The van der Waals surface area contributed by atoms with E-state index >= 15 is 0 Å². The fourth-order valence-electron chi connectivity index (χ4n) is 2.75. The van der Waals surface area contributed by atoms with E-state index in [9.17, 15) is 27.6 Å². The molecule has 0 aliphatic rings. The third-order valence-corrected chi connectivity index (χ3v) is 4.75. The molecule has 0 radical (unpaired) electrons. The molecular weight excluding hydrogens is 467 g/mol. The summed E-state index contributed by atoms with van der Waals surface area (Å²) in [5, 5.41) is 3.00. The van der Waals surface area contributed by atoms with Gasteiger partial charge in [0, 0.05) is 46.0 Å². The minimum Gasteiger partial charge on any atom is -0.423 e. The number of hydrogen-bond donors (Lipinski definition) is 1. The Morgan fingerprint density at radius 1 is 1.20 bits per heavy atom. The third kappa shape index (κ3) is 10.7. The average molecular weight is 500 g/mol. The lowest BCUT2D eigenvalue weighted by atomic mass is 10.2. The van der Waals surface area contributed by atoms with Crippen molar-refractivity contribution in [2.75, 3.05) is 53.9 Å². The van der Waals surface area contributed by atoms with Crippen molar-refractivity contribution < 1.29 is 32.3 Å². The van der Waals surface area contributed by atoms with Crippen LogP contribution in [0.2, 0.25) is 0 Å². The first-order valence-electron chi connectivity index (χ1n) is 10.8. The topological polar surface area (TPSA) is 95.1 Å². The average Bonchev–Trinajstić information content (AvgIpc) is 2.80. The fourth-order valence-corrected chi connectivity index (χ4v) is 2.75. The van der Waals surface area contributed by atoms with E-state index in [4.69, 9.17) is 4.74 Å². The molecule has 0 saturated heterocycles. The van der Waals surface area contributed by atoms with E-state index in [1.807, 2.05) is 25.9 Å². The number of amides is 2. The zero-order valence-corrected chi connectivity index (χ0v) is 20.4. The normalized spacial score (nSPS) is 11.8. The lowest BCUT2D eigenvalue weighted by molar-refractivity contribution is -0.183. The van der Waals surface area contributed by atoms with Gasteiger partial charge in [-0.25, -0.2) is 4.79 Å². The Labute approximate surface area is 203 Å². The molecule has 1 aromatic rings. The number of allylic oxidation sites excluding steroid dienone is 1. The molecule has 0 aliphatic carbocycles. The molecule has 0 bridgehead atoms. The molecule has 12 heteroatoms. The highest BCUT2D eigenvalue weighted by atomic mass is 19.4. The van der Waals surface area contributed by atoms with Crippen molar-refractivity contribution >= 4 is 17.8 Å². The Hall–Kier alpha value is -3.25. The van der Waals surface area contributed by atoms with Crippen LogP contribution in [0, 0.1) is 0 Å². The number of hydrogen-bond acceptors (Lipinski definition) is 7. The van der Waals surface area contributed by atoms with Gasteiger partial charge in [-0.3, -0.25) is 14.6 Å². The van der Waals surface area contributed by atoms with Crippen LogP contribution in [-0.2, 0) is 20.9 Å². The summed E-state index contributed by atoms with van der Waals surface area (Å²) in [6.45, 7) is 7.22. The van der Waals surface area contributed by atoms with Crippen molar-refractivity contribution in [3.63, 3.8) is 0 Å². The Bertz CT molecular complexity index is 919. The summed E-state index contributed by atoms with van der Waals surface area (Å²) in [6, 6.07) is 2.89. The van der Waals surface area contributed by atoms with Crippen LogP contribution in [0.1, 0.15) is 23.0 Å². The maximum atomic E-state index is 12.5. The standard InChI is InChI=1S/C23H32F3N5O4/c1-6-19(9-11-30(5)22(34)23(24,25)26)35-21(33)17-8-10-28-18(14-17)15-27-16-20(32)31(7-2)13-12-29(3)4/h6,8-10,14,27H,1,7,11-13,15-16H2,2-5H3/b19-9+. The number of carbonyl (C=O) groups excluding carboxylic acids is 3. The highest BCUT2D eigenvalue weighted by Crippen LogP contribution is 2.17. The van der Waals surface area contributed by atoms with Gasteiger partial charge >= 0.3 is 18.1 Å². The van der Waals surface area contributed by atoms with Gasteiger partial charge in [0.2, 0.25) is 5.91 Å². The van der Waals surface area contributed by atoms with E-state index in [0.717, 1.165) is 25.7 Å². The molecule has 35 heavy (non-hydrogen) atoms. The molecule has 194 valence electrons. The first kappa shape index (κ1) is 29.8. The Kier molecular flexibility index (Phi) is 12.1. The predicted octanol–water partition coefficient (Wildman–Crippen LogP) is 1.83.